The van der Waals surface area contributed by atoms with Gasteiger partial charge in [-0.25, -0.2) is 0 Å². The lowest BCUT2D eigenvalue weighted by Crippen LogP contribution is -2.11. The van der Waals surface area contributed by atoms with Crippen molar-refractivity contribution in [3.63, 3.8) is 0 Å². The Labute approximate surface area is 218 Å². The van der Waals surface area contributed by atoms with Gasteiger partial charge < -0.3 is 11.5 Å². The number of anilines is 2. The standard InChI is InChI=1S/C34H20N2O2/c35-21-7-9-23-27-13-19(11-17-3-1-5-25(31(17)27)33(37)29(23)15-21)20-12-18-4-2-6-26-32(18)28(14-20)24-10-8-22(36)16-30(24)34(26)38/h1-16H,35-36H2. The third-order valence-corrected chi connectivity index (χ3v) is 7.93. The van der Waals surface area contributed by atoms with Crippen molar-refractivity contribution in [3.05, 3.63) is 119 Å². The van der Waals surface area contributed by atoms with Gasteiger partial charge in [-0.2, -0.15) is 0 Å². The van der Waals surface area contributed by atoms with Gasteiger partial charge in [-0.05, 0) is 92.7 Å². The normalized spacial score (nSPS) is 13.1. The number of fused-ring (bicyclic) bond motifs is 4. The Morgan fingerprint density at radius 3 is 1.29 bits per heavy atom. The predicted octanol–water partition coefficient (Wildman–Crippen LogP) is 7.25. The number of nitrogen functional groups attached to an aromatic ring is 2. The van der Waals surface area contributed by atoms with Gasteiger partial charge in [0.15, 0.2) is 11.6 Å². The summed E-state index contributed by atoms with van der Waals surface area (Å²) in [4.78, 5) is 26.7. The number of benzene rings is 6. The summed E-state index contributed by atoms with van der Waals surface area (Å²) < 4.78 is 0. The SMILES string of the molecule is Nc1ccc2c(c1)C(=O)c1cccc3cc(-c4cc5c6c(cccc6c4)C(=O)c4cc(N)ccc4-5)cc-2c13. The number of carbonyl (C=O) groups excluding carboxylic acids is 2. The van der Waals surface area contributed by atoms with E-state index in [1.807, 2.05) is 48.5 Å². The van der Waals surface area contributed by atoms with Gasteiger partial charge >= 0.3 is 0 Å². The first-order valence-electron chi connectivity index (χ1n) is 12.5. The highest BCUT2D eigenvalue weighted by atomic mass is 16.1. The highest BCUT2D eigenvalue weighted by Gasteiger charge is 2.28. The van der Waals surface area contributed by atoms with E-state index in [0.717, 1.165) is 54.9 Å². The largest absolute Gasteiger partial charge is 0.399 e. The number of hydrogen-bond acceptors (Lipinski definition) is 4. The van der Waals surface area contributed by atoms with Crippen molar-refractivity contribution in [1.29, 1.82) is 0 Å². The van der Waals surface area contributed by atoms with Gasteiger partial charge in [-0.3, -0.25) is 9.59 Å². The van der Waals surface area contributed by atoms with E-state index in [2.05, 4.69) is 36.4 Å². The van der Waals surface area contributed by atoms with Crippen LogP contribution in [0, 0.1) is 0 Å². The molecule has 0 aromatic heterocycles. The number of nitrogens with two attached hydrogens (primary N) is 2. The topological polar surface area (TPSA) is 86.2 Å². The number of carbonyl (C=O) groups is 2. The number of rotatable bonds is 1. The maximum Gasteiger partial charge on any atom is 0.194 e. The average Bonchev–Trinajstić information content (AvgIpc) is 2.93. The van der Waals surface area contributed by atoms with E-state index in [0.29, 0.717) is 33.6 Å². The average molecular weight is 489 g/mol. The smallest absolute Gasteiger partial charge is 0.194 e. The maximum absolute atomic E-state index is 13.3. The van der Waals surface area contributed by atoms with Gasteiger partial charge in [-0.1, -0.05) is 48.5 Å². The van der Waals surface area contributed by atoms with E-state index in [9.17, 15) is 9.59 Å². The molecule has 0 spiro atoms. The fourth-order valence-corrected chi connectivity index (χ4v) is 6.25. The van der Waals surface area contributed by atoms with E-state index in [-0.39, 0.29) is 11.6 Å². The zero-order chi connectivity index (χ0) is 25.7. The van der Waals surface area contributed by atoms with Gasteiger partial charge in [0.05, 0.1) is 0 Å². The summed E-state index contributed by atoms with van der Waals surface area (Å²) in [6.07, 6.45) is 0. The molecule has 0 saturated heterocycles. The molecule has 6 aromatic rings. The van der Waals surface area contributed by atoms with Crippen LogP contribution < -0.4 is 11.5 Å². The molecule has 0 aliphatic heterocycles. The molecule has 0 fully saturated rings. The third kappa shape index (κ3) is 2.69. The van der Waals surface area contributed by atoms with Gasteiger partial charge in [0.1, 0.15) is 0 Å². The van der Waals surface area contributed by atoms with Crippen LogP contribution in [-0.2, 0) is 0 Å². The first-order valence-corrected chi connectivity index (χ1v) is 12.5. The minimum atomic E-state index is 0.00126. The summed E-state index contributed by atoms with van der Waals surface area (Å²) in [5.41, 5.74) is 21.8. The summed E-state index contributed by atoms with van der Waals surface area (Å²) in [5, 5.41) is 3.96. The van der Waals surface area contributed by atoms with Gasteiger partial charge in [-0.15, -0.1) is 0 Å². The third-order valence-electron chi connectivity index (χ3n) is 7.93. The lowest BCUT2D eigenvalue weighted by atomic mass is 9.79. The van der Waals surface area contributed by atoms with Crippen LogP contribution in [0.25, 0.3) is 54.9 Å². The van der Waals surface area contributed by atoms with Crippen molar-refractivity contribution in [2.45, 2.75) is 0 Å². The molecule has 4 nitrogen and oxygen atoms in total. The molecule has 178 valence electrons. The molecule has 0 atom stereocenters. The van der Waals surface area contributed by atoms with Crippen LogP contribution in [0.5, 0.6) is 0 Å². The zero-order valence-corrected chi connectivity index (χ0v) is 20.2. The first kappa shape index (κ1) is 20.9. The van der Waals surface area contributed by atoms with E-state index >= 15 is 0 Å². The monoisotopic (exact) mass is 488 g/mol. The highest BCUT2D eigenvalue weighted by molar-refractivity contribution is 6.28. The Balaban J connectivity index is 1.45. The van der Waals surface area contributed by atoms with Crippen LogP contribution in [0.3, 0.4) is 0 Å². The van der Waals surface area contributed by atoms with Gasteiger partial charge in [0.25, 0.3) is 0 Å². The van der Waals surface area contributed by atoms with Crippen molar-refractivity contribution < 1.29 is 9.59 Å². The minimum Gasteiger partial charge on any atom is -0.399 e. The maximum atomic E-state index is 13.3. The molecule has 0 radical (unpaired) electrons. The molecule has 4 heteroatoms. The van der Waals surface area contributed by atoms with E-state index in [4.69, 9.17) is 11.5 Å². The molecular weight excluding hydrogens is 468 g/mol. The zero-order valence-electron chi connectivity index (χ0n) is 20.2. The molecule has 6 aromatic carbocycles. The summed E-state index contributed by atoms with van der Waals surface area (Å²) in [5.74, 6) is 0.00252. The summed E-state index contributed by atoms with van der Waals surface area (Å²) in [6.45, 7) is 0. The lowest BCUT2D eigenvalue weighted by Gasteiger charge is -2.23. The Bertz CT molecular complexity index is 1940. The Hall–Kier alpha value is -5.22. The van der Waals surface area contributed by atoms with Crippen LogP contribution >= 0.6 is 0 Å². The highest BCUT2D eigenvalue weighted by Crippen LogP contribution is 2.45. The lowest BCUT2D eigenvalue weighted by molar-refractivity contribution is 0.103. The van der Waals surface area contributed by atoms with Crippen molar-refractivity contribution in [2.24, 2.45) is 0 Å². The summed E-state index contributed by atoms with van der Waals surface area (Å²) in [6, 6.07) is 31.5. The Morgan fingerprint density at radius 2 is 0.842 bits per heavy atom. The van der Waals surface area contributed by atoms with Crippen molar-refractivity contribution in [3.8, 4) is 33.4 Å². The van der Waals surface area contributed by atoms with E-state index < -0.39 is 0 Å². The molecule has 2 aliphatic rings. The van der Waals surface area contributed by atoms with E-state index in [1.54, 1.807) is 12.1 Å². The van der Waals surface area contributed by atoms with E-state index in [1.165, 1.54) is 0 Å². The fraction of sp³-hybridized carbons (Fsp3) is 0. The summed E-state index contributed by atoms with van der Waals surface area (Å²) >= 11 is 0. The predicted molar refractivity (Wildman–Crippen MR) is 153 cm³/mol. The Kier molecular flexibility index (Phi) is 3.95. The number of hydrogen-bond donors (Lipinski definition) is 2. The van der Waals surface area contributed by atoms with Gasteiger partial charge in [0, 0.05) is 44.4 Å². The summed E-state index contributed by atoms with van der Waals surface area (Å²) in [7, 11) is 0. The molecule has 0 bridgehead atoms. The molecular formula is C34H20N2O2. The van der Waals surface area contributed by atoms with Crippen molar-refractivity contribution in [2.75, 3.05) is 11.5 Å². The minimum absolute atomic E-state index is 0.00126. The number of ketones is 2. The fourth-order valence-electron chi connectivity index (χ4n) is 6.25. The molecule has 8 rings (SSSR count). The van der Waals surface area contributed by atoms with Crippen LogP contribution in [0.15, 0.2) is 97.1 Å². The van der Waals surface area contributed by atoms with Crippen LogP contribution in [0.2, 0.25) is 0 Å². The van der Waals surface area contributed by atoms with Crippen LogP contribution in [-0.4, -0.2) is 11.6 Å². The van der Waals surface area contributed by atoms with Crippen molar-refractivity contribution in [1.82, 2.24) is 0 Å². The molecule has 0 saturated carbocycles. The first-order chi connectivity index (χ1) is 18.5. The molecule has 0 amide bonds. The molecule has 2 aliphatic carbocycles. The Morgan fingerprint density at radius 1 is 0.395 bits per heavy atom. The molecule has 0 unspecified atom stereocenters. The molecule has 38 heavy (non-hydrogen) atoms. The quantitative estimate of drug-likeness (QED) is 0.238. The van der Waals surface area contributed by atoms with Crippen molar-refractivity contribution >= 4 is 44.5 Å². The van der Waals surface area contributed by atoms with Crippen LogP contribution in [0.1, 0.15) is 31.8 Å². The van der Waals surface area contributed by atoms with Crippen LogP contribution in [0.4, 0.5) is 11.4 Å². The second kappa shape index (κ2) is 7.17. The van der Waals surface area contributed by atoms with Gasteiger partial charge in [0.2, 0.25) is 0 Å². The second-order valence-electron chi connectivity index (χ2n) is 10.1. The molecule has 0 heterocycles. The molecule has 4 N–H and O–H groups in total. The second-order valence-corrected chi connectivity index (χ2v) is 10.1.